The Morgan fingerprint density at radius 2 is 1.88 bits per heavy atom. The summed E-state index contributed by atoms with van der Waals surface area (Å²) in [5.74, 6) is -2.07. The first-order chi connectivity index (χ1) is 12.0. The quantitative estimate of drug-likeness (QED) is 0.791. The molecule has 0 unspecified atom stereocenters. The van der Waals surface area contributed by atoms with Gasteiger partial charge in [0.15, 0.2) is 0 Å². The maximum atomic E-state index is 12.4. The van der Waals surface area contributed by atoms with Crippen molar-refractivity contribution in [3.63, 3.8) is 0 Å². The SMILES string of the molecule is CC(C)(C)OC(=O)Cn1cc(-c2cccc(Cl)c2Cl)cc(C(=O)O)c1=O. The zero-order valence-electron chi connectivity index (χ0n) is 14.4. The Balaban J connectivity index is 2.57. The van der Waals surface area contributed by atoms with E-state index in [9.17, 15) is 19.5 Å². The average molecular weight is 398 g/mol. The molecule has 0 radical (unpaired) electrons. The summed E-state index contributed by atoms with van der Waals surface area (Å²) >= 11 is 12.2. The number of esters is 1. The van der Waals surface area contributed by atoms with E-state index in [1.54, 1.807) is 39.0 Å². The van der Waals surface area contributed by atoms with Crippen LogP contribution in [-0.4, -0.2) is 27.2 Å². The number of halogens is 2. The van der Waals surface area contributed by atoms with E-state index < -0.39 is 35.2 Å². The fourth-order valence-corrected chi connectivity index (χ4v) is 2.70. The second-order valence-electron chi connectivity index (χ2n) is 6.57. The number of carboxylic acid groups (broad SMARTS) is 1. The zero-order chi connectivity index (χ0) is 19.6. The van der Waals surface area contributed by atoms with Crippen LogP contribution in [-0.2, 0) is 16.1 Å². The number of carboxylic acids is 1. The Labute approximate surface area is 159 Å². The Morgan fingerprint density at radius 3 is 2.46 bits per heavy atom. The minimum Gasteiger partial charge on any atom is -0.477 e. The van der Waals surface area contributed by atoms with Gasteiger partial charge < -0.3 is 14.4 Å². The first kappa shape index (κ1) is 20.0. The summed E-state index contributed by atoms with van der Waals surface area (Å²) in [5.41, 5.74) is -1.24. The largest absolute Gasteiger partial charge is 0.477 e. The molecule has 0 aliphatic rings. The standard InChI is InChI=1S/C18H17Cl2NO5/c1-18(2,3)26-14(22)9-21-8-10(7-12(16(21)23)17(24)25)11-5-4-6-13(19)15(11)20/h4-8H,9H2,1-3H3,(H,24,25). The number of hydrogen-bond donors (Lipinski definition) is 1. The van der Waals surface area contributed by atoms with E-state index in [1.165, 1.54) is 12.3 Å². The lowest BCUT2D eigenvalue weighted by molar-refractivity contribution is -0.155. The molecule has 2 rings (SSSR count). The smallest absolute Gasteiger partial charge is 0.341 e. The van der Waals surface area contributed by atoms with Crippen molar-refractivity contribution in [2.45, 2.75) is 32.9 Å². The average Bonchev–Trinajstić information content (AvgIpc) is 2.50. The Morgan fingerprint density at radius 1 is 1.23 bits per heavy atom. The summed E-state index contributed by atoms with van der Waals surface area (Å²) in [6.07, 6.45) is 1.36. The van der Waals surface area contributed by atoms with Crippen molar-refractivity contribution in [3.8, 4) is 11.1 Å². The molecule has 0 aliphatic carbocycles. The van der Waals surface area contributed by atoms with E-state index in [0.717, 1.165) is 4.57 Å². The van der Waals surface area contributed by atoms with Crippen LogP contribution in [0, 0.1) is 0 Å². The van der Waals surface area contributed by atoms with Gasteiger partial charge in [-0.2, -0.15) is 0 Å². The van der Waals surface area contributed by atoms with Crippen LogP contribution in [0.5, 0.6) is 0 Å². The molecule has 6 nitrogen and oxygen atoms in total. The molecule has 0 saturated carbocycles. The molecule has 0 atom stereocenters. The number of pyridine rings is 1. The fraction of sp³-hybridized carbons (Fsp3) is 0.278. The number of nitrogens with zero attached hydrogens (tertiary/aromatic N) is 1. The molecule has 138 valence electrons. The highest BCUT2D eigenvalue weighted by Gasteiger charge is 2.20. The third-order valence-electron chi connectivity index (χ3n) is 3.30. The fourth-order valence-electron chi connectivity index (χ4n) is 2.29. The van der Waals surface area contributed by atoms with Crippen molar-refractivity contribution in [2.75, 3.05) is 0 Å². The molecule has 1 aromatic heterocycles. The predicted octanol–water partition coefficient (Wildman–Crippen LogP) is 3.86. The van der Waals surface area contributed by atoms with Gasteiger partial charge in [-0.3, -0.25) is 9.59 Å². The minimum atomic E-state index is -1.41. The molecule has 1 aromatic carbocycles. The number of ether oxygens (including phenoxy) is 1. The third kappa shape index (κ3) is 4.65. The molecule has 0 aliphatic heterocycles. The van der Waals surface area contributed by atoms with E-state index in [1.807, 2.05) is 0 Å². The number of rotatable bonds is 4. The maximum absolute atomic E-state index is 12.4. The number of aromatic nitrogens is 1. The van der Waals surface area contributed by atoms with Gasteiger partial charge in [0, 0.05) is 17.3 Å². The monoisotopic (exact) mass is 397 g/mol. The summed E-state index contributed by atoms with van der Waals surface area (Å²) in [6, 6.07) is 6.07. The van der Waals surface area contributed by atoms with Crippen LogP contribution in [0.1, 0.15) is 31.1 Å². The van der Waals surface area contributed by atoms with E-state index in [0.29, 0.717) is 11.1 Å². The van der Waals surface area contributed by atoms with Crippen LogP contribution in [0.25, 0.3) is 11.1 Å². The van der Waals surface area contributed by atoms with E-state index in [4.69, 9.17) is 27.9 Å². The summed E-state index contributed by atoms with van der Waals surface area (Å²) in [6.45, 7) is 4.65. The summed E-state index contributed by atoms with van der Waals surface area (Å²) in [7, 11) is 0. The molecular formula is C18H17Cl2NO5. The normalized spacial score (nSPS) is 11.3. The first-order valence-corrected chi connectivity index (χ1v) is 8.39. The second kappa shape index (κ2) is 7.51. The lowest BCUT2D eigenvalue weighted by Crippen LogP contribution is -2.32. The van der Waals surface area contributed by atoms with Gasteiger partial charge in [0.05, 0.1) is 10.0 Å². The lowest BCUT2D eigenvalue weighted by atomic mass is 10.1. The highest BCUT2D eigenvalue weighted by molar-refractivity contribution is 6.43. The van der Waals surface area contributed by atoms with Gasteiger partial charge in [-0.05, 0) is 32.9 Å². The highest BCUT2D eigenvalue weighted by Crippen LogP contribution is 2.33. The number of benzene rings is 1. The topological polar surface area (TPSA) is 85.6 Å². The van der Waals surface area contributed by atoms with Crippen LogP contribution in [0.3, 0.4) is 0 Å². The Bertz CT molecular complexity index is 928. The molecule has 1 heterocycles. The predicted molar refractivity (Wildman–Crippen MR) is 99.0 cm³/mol. The van der Waals surface area contributed by atoms with Crippen molar-refractivity contribution in [1.82, 2.24) is 4.57 Å². The summed E-state index contributed by atoms with van der Waals surface area (Å²) in [4.78, 5) is 35.9. The molecule has 2 aromatic rings. The van der Waals surface area contributed by atoms with Gasteiger partial charge in [0.25, 0.3) is 5.56 Å². The molecule has 0 spiro atoms. The van der Waals surface area contributed by atoms with Crippen molar-refractivity contribution in [2.24, 2.45) is 0 Å². The van der Waals surface area contributed by atoms with Crippen LogP contribution >= 0.6 is 23.2 Å². The van der Waals surface area contributed by atoms with Gasteiger partial charge in [-0.1, -0.05) is 35.3 Å². The van der Waals surface area contributed by atoms with E-state index >= 15 is 0 Å². The number of aromatic carboxylic acids is 1. The zero-order valence-corrected chi connectivity index (χ0v) is 15.9. The Hall–Kier alpha value is -2.31. The molecule has 0 fully saturated rings. The van der Waals surface area contributed by atoms with Gasteiger partial charge in [-0.15, -0.1) is 0 Å². The van der Waals surface area contributed by atoms with Crippen LogP contribution in [0.2, 0.25) is 10.0 Å². The number of carbonyl (C=O) groups excluding carboxylic acids is 1. The highest BCUT2D eigenvalue weighted by atomic mass is 35.5. The molecule has 26 heavy (non-hydrogen) atoms. The summed E-state index contributed by atoms with van der Waals surface area (Å²) in [5, 5.41) is 9.82. The molecular weight excluding hydrogens is 381 g/mol. The molecule has 0 amide bonds. The molecule has 0 saturated heterocycles. The van der Waals surface area contributed by atoms with Gasteiger partial charge in [0.1, 0.15) is 17.7 Å². The van der Waals surface area contributed by atoms with E-state index in [-0.39, 0.29) is 10.0 Å². The minimum absolute atomic E-state index is 0.216. The van der Waals surface area contributed by atoms with Crippen molar-refractivity contribution in [3.05, 3.63) is 56.4 Å². The van der Waals surface area contributed by atoms with Crippen molar-refractivity contribution in [1.29, 1.82) is 0 Å². The number of carbonyl (C=O) groups is 2. The molecule has 8 heteroatoms. The summed E-state index contributed by atoms with van der Waals surface area (Å²) < 4.78 is 6.18. The first-order valence-electron chi connectivity index (χ1n) is 7.63. The number of hydrogen-bond acceptors (Lipinski definition) is 4. The van der Waals surface area contributed by atoms with Crippen LogP contribution in [0.15, 0.2) is 35.3 Å². The molecule has 1 N–H and O–H groups in total. The van der Waals surface area contributed by atoms with Gasteiger partial charge in [-0.25, -0.2) is 4.79 Å². The third-order valence-corrected chi connectivity index (χ3v) is 4.12. The second-order valence-corrected chi connectivity index (χ2v) is 7.35. The van der Waals surface area contributed by atoms with Crippen LogP contribution < -0.4 is 5.56 Å². The lowest BCUT2D eigenvalue weighted by Gasteiger charge is -2.20. The van der Waals surface area contributed by atoms with Crippen LogP contribution in [0.4, 0.5) is 0 Å². The van der Waals surface area contributed by atoms with Gasteiger partial charge in [0.2, 0.25) is 0 Å². The van der Waals surface area contributed by atoms with E-state index in [2.05, 4.69) is 0 Å². The maximum Gasteiger partial charge on any atom is 0.341 e. The Kier molecular flexibility index (Phi) is 5.78. The van der Waals surface area contributed by atoms with Crippen molar-refractivity contribution < 1.29 is 19.4 Å². The van der Waals surface area contributed by atoms with Gasteiger partial charge >= 0.3 is 11.9 Å². The van der Waals surface area contributed by atoms with Crippen molar-refractivity contribution >= 4 is 35.1 Å². The molecule has 0 bridgehead atoms.